The minimum atomic E-state index is -0.0972. The van der Waals surface area contributed by atoms with Crippen LogP contribution in [0.15, 0.2) is 12.1 Å². The van der Waals surface area contributed by atoms with Crippen molar-refractivity contribution in [3.05, 3.63) is 23.3 Å². The van der Waals surface area contributed by atoms with E-state index in [1.807, 2.05) is 6.92 Å². The van der Waals surface area contributed by atoms with Gasteiger partial charge in [-0.25, -0.2) is 0 Å². The van der Waals surface area contributed by atoms with Crippen molar-refractivity contribution in [1.29, 1.82) is 0 Å². The van der Waals surface area contributed by atoms with Crippen LogP contribution < -0.4 is 14.8 Å². The first kappa shape index (κ1) is 14.4. The molecule has 0 radical (unpaired) electrons. The monoisotopic (exact) mass is 251 g/mol. The van der Waals surface area contributed by atoms with Crippen LogP contribution in [-0.4, -0.2) is 26.7 Å². The van der Waals surface area contributed by atoms with Gasteiger partial charge in [0, 0.05) is 17.7 Å². The Morgan fingerprint density at radius 2 is 1.78 bits per heavy atom. The highest BCUT2D eigenvalue weighted by atomic mass is 16.5. The quantitative estimate of drug-likeness (QED) is 0.790. The zero-order valence-corrected chi connectivity index (χ0v) is 11.5. The lowest BCUT2D eigenvalue weighted by atomic mass is 10.1. The fourth-order valence-corrected chi connectivity index (χ4v) is 1.70. The van der Waals surface area contributed by atoms with Crippen LogP contribution >= 0.6 is 0 Å². The molecule has 100 valence electrons. The van der Waals surface area contributed by atoms with Gasteiger partial charge in [0.2, 0.25) is 0 Å². The molecular weight excluding hydrogens is 230 g/mol. The smallest absolute Gasteiger partial charge is 0.251 e. The molecule has 0 aromatic heterocycles. The van der Waals surface area contributed by atoms with E-state index in [4.69, 9.17) is 9.47 Å². The fraction of sp³-hybridized carbons (Fsp3) is 0.500. The van der Waals surface area contributed by atoms with Gasteiger partial charge in [-0.1, -0.05) is 13.3 Å². The topological polar surface area (TPSA) is 47.6 Å². The number of carbonyl (C=O) groups is 1. The number of hydrogen-bond donors (Lipinski definition) is 1. The minimum Gasteiger partial charge on any atom is -0.496 e. The van der Waals surface area contributed by atoms with Gasteiger partial charge in [0.1, 0.15) is 11.5 Å². The van der Waals surface area contributed by atoms with Crippen LogP contribution in [0.1, 0.15) is 35.7 Å². The van der Waals surface area contributed by atoms with E-state index in [0.29, 0.717) is 23.6 Å². The summed E-state index contributed by atoms with van der Waals surface area (Å²) in [6.07, 6.45) is 2.03. The summed E-state index contributed by atoms with van der Waals surface area (Å²) in [6, 6.07) is 3.47. The third-order valence-corrected chi connectivity index (χ3v) is 2.83. The number of amides is 1. The van der Waals surface area contributed by atoms with E-state index in [1.54, 1.807) is 26.4 Å². The molecule has 4 heteroatoms. The Morgan fingerprint density at radius 1 is 1.22 bits per heavy atom. The van der Waals surface area contributed by atoms with E-state index in [1.165, 1.54) is 0 Å². The van der Waals surface area contributed by atoms with Gasteiger partial charge in [0.15, 0.2) is 0 Å². The molecule has 0 spiro atoms. The summed E-state index contributed by atoms with van der Waals surface area (Å²) in [7, 11) is 3.17. The van der Waals surface area contributed by atoms with Crippen molar-refractivity contribution in [2.75, 3.05) is 20.8 Å². The van der Waals surface area contributed by atoms with E-state index in [0.717, 1.165) is 18.4 Å². The van der Waals surface area contributed by atoms with Gasteiger partial charge in [-0.3, -0.25) is 4.79 Å². The molecule has 0 unspecified atom stereocenters. The predicted molar refractivity (Wildman–Crippen MR) is 71.5 cm³/mol. The van der Waals surface area contributed by atoms with Gasteiger partial charge in [-0.15, -0.1) is 0 Å². The highest BCUT2D eigenvalue weighted by Gasteiger charge is 2.12. The highest BCUT2D eigenvalue weighted by Crippen LogP contribution is 2.29. The van der Waals surface area contributed by atoms with E-state index < -0.39 is 0 Å². The molecule has 18 heavy (non-hydrogen) atoms. The maximum Gasteiger partial charge on any atom is 0.251 e. The molecule has 0 bridgehead atoms. The molecule has 0 atom stereocenters. The molecule has 1 rings (SSSR count). The summed E-state index contributed by atoms with van der Waals surface area (Å²) in [4.78, 5) is 11.9. The first-order valence-electron chi connectivity index (χ1n) is 6.14. The molecule has 0 fully saturated rings. The molecule has 1 N–H and O–H groups in total. The zero-order chi connectivity index (χ0) is 13.5. The van der Waals surface area contributed by atoms with Crippen LogP contribution in [0, 0.1) is 6.92 Å². The van der Waals surface area contributed by atoms with Crippen LogP contribution in [0.3, 0.4) is 0 Å². The van der Waals surface area contributed by atoms with Crippen molar-refractivity contribution in [1.82, 2.24) is 5.32 Å². The average molecular weight is 251 g/mol. The fourth-order valence-electron chi connectivity index (χ4n) is 1.70. The number of carbonyl (C=O) groups excluding carboxylic acids is 1. The lowest BCUT2D eigenvalue weighted by Gasteiger charge is -2.12. The summed E-state index contributed by atoms with van der Waals surface area (Å²) >= 11 is 0. The van der Waals surface area contributed by atoms with Crippen molar-refractivity contribution >= 4 is 5.91 Å². The van der Waals surface area contributed by atoms with Gasteiger partial charge in [0.05, 0.1) is 14.2 Å². The molecule has 0 aliphatic carbocycles. The highest BCUT2D eigenvalue weighted by molar-refractivity contribution is 5.95. The van der Waals surface area contributed by atoms with Crippen molar-refractivity contribution in [2.45, 2.75) is 26.7 Å². The van der Waals surface area contributed by atoms with Crippen LogP contribution in [0.5, 0.6) is 11.5 Å². The van der Waals surface area contributed by atoms with Crippen LogP contribution in [-0.2, 0) is 0 Å². The molecule has 1 aromatic rings. The summed E-state index contributed by atoms with van der Waals surface area (Å²) in [5.41, 5.74) is 1.45. The standard InChI is InChI=1S/C14H21NO3/c1-5-6-7-15-14(16)11-8-12(17-3)10(2)13(9-11)18-4/h8-9H,5-7H2,1-4H3,(H,15,16). The molecule has 1 aromatic carbocycles. The number of benzene rings is 1. The Labute approximate surface area is 108 Å². The van der Waals surface area contributed by atoms with Crippen molar-refractivity contribution in [2.24, 2.45) is 0 Å². The average Bonchev–Trinajstić information content (AvgIpc) is 2.39. The number of unbranched alkanes of at least 4 members (excludes halogenated alkanes) is 1. The molecular formula is C14H21NO3. The Kier molecular flexibility index (Phi) is 5.49. The second-order valence-electron chi connectivity index (χ2n) is 4.12. The Balaban J connectivity index is 2.91. The lowest BCUT2D eigenvalue weighted by Crippen LogP contribution is -2.24. The minimum absolute atomic E-state index is 0.0972. The van der Waals surface area contributed by atoms with E-state index in [9.17, 15) is 4.79 Å². The van der Waals surface area contributed by atoms with E-state index in [2.05, 4.69) is 12.2 Å². The van der Waals surface area contributed by atoms with Gasteiger partial charge >= 0.3 is 0 Å². The molecule has 4 nitrogen and oxygen atoms in total. The van der Waals surface area contributed by atoms with Gasteiger partial charge in [-0.2, -0.15) is 0 Å². The van der Waals surface area contributed by atoms with E-state index in [-0.39, 0.29) is 5.91 Å². The third kappa shape index (κ3) is 3.39. The summed E-state index contributed by atoms with van der Waals surface area (Å²) in [5.74, 6) is 1.23. The van der Waals surface area contributed by atoms with E-state index >= 15 is 0 Å². The van der Waals surface area contributed by atoms with Gasteiger partial charge in [0.25, 0.3) is 5.91 Å². The number of hydrogen-bond acceptors (Lipinski definition) is 3. The second kappa shape index (κ2) is 6.89. The lowest BCUT2D eigenvalue weighted by molar-refractivity contribution is 0.0952. The Morgan fingerprint density at radius 3 is 2.22 bits per heavy atom. The zero-order valence-electron chi connectivity index (χ0n) is 11.5. The molecule has 0 saturated heterocycles. The first-order valence-corrected chi connectivity index (χ1v) is 6.14. The maximum absolute atomic E-state index is 11.9. The maximum atomic E-state index is 11.9. The second-order valence-corrected chi connectivity index (χ2v) is 4.12. The first-order chi connectivity index (χ1) is 8.63. The normalized spacial score (nSPS) is 10.0. The van der Waals surface area contributed by atoms with Crippen LogP contribution in [0.4, 0.5) is 0 Å². The number of ether oxygens (including phenoxy) is 2. The molecule has 0 aliphatic rings. The summed E-state index contributed by atoms with van der Waals surface area (Å²) in [6.45, 7) is 4.67. The van der Waals surface area contributed by atoms with Gasteiger partial charge < -0.3 is 14.8 Å². The summed E-state index contributed by atoms with van der Waals surface area (Å²) in [5, 5.41) is 2.87. The van der Waals surface area contributed by atoms with Gasteiger partial charge in [-0.05, 0) is 25.5 Å². The SMILES string of the molecule is CCCCNC(=O)c1cc(OC)c(C)c(OC)c1. The molecule has 1 amide bonds. The van der Waals surface area contributed by atoms with Crippen LogP contribution in [0.25, 0.3) is 0 Å². The molecule has 0 heterocycles. The van der Waals surface area contributed by atoms with Crippen LogP contribution in [0.2, 0.25) is 0 Å². The third-order valence-electron chi connectivity index (χ3n) is 2.83. The van der Waals surface area contributed by atoms with Crippen molar-refractivity contribution in [3.63, 3.8) is 0 Å². The largest absolute Gasteiger partial charge is 0.496 e. The molecule has 0 saturated carbocycles. The number of methoxy groups -OCH3 is 2. The summed E-state index contributed by atoms with van der Waals surface area (Å²) < 4.78 is 10.5. The molecule has 0 aliphatic heterocycles. The Hall–Kier alpha value is -1.71. The number of rotatable bonds is 6. The number of nitrogens with one attached hydrogen (secondary N) is 1. The Bertz CT molecular complexity index is 390. The van der Waals surface area contributed by atoms with Crippen molar-refractivity contribution < 1.29 is 14.3 Å². The predicted octanol–water partition coefficient (Wildman–Crippen LogP) is 2.54. The van der Waals surface area contributed by atoms with Crippen molar-refractivity contribution in [3.8, 4) is 11.5 Å².